The summed E-state index contributed by atoms with van der Waals surface area (Å²) in [5.41, 5.74) is 0.910. The van der Waals surface area contributed by atoms with Gasteiger partial charge in [-0.3, -0.25) is 0 Å². The van der Waals surface area contributed by atoms with Gasteiger partial charge in [-0.1, -0.05) is 52.9 Å². The van der Waals surface area contributed by atoms with Crippen LogP contribution in [0.1, 0.15) is 72.1 Å². The molecule has 3 nitrogen and oxygen atoms in total. The van der Waals surface area contributed by atoms with Crippen LogP contribution in [0.5, 0.6) is 0 Å². The summed E-state index contributed by atoms with van der Waals surface area (Å²) in [5, 5.41) is 9.89. The van der Waals surface area contributed by atoms with Crippen LogP contribution < -0.4 is 0 Å². The lowest BCUT2D eigenvalue weighted by Gasteiger charge is -2.14. The summed E-state index contributed by atoms with van der Waals surface area (Å²) in [4.78, 5) is 11.7. The number of carbonyl (C=O) groups excluding carboxylic acids is 1. The maximum atomic E-state index is 11.7. The van der Waals surface area contributed by atoms with E-state index in [-0.39, 0.29) is 11.4 Å². The van der Waals surface area contributed by atoms with Gasteiger partial charge in [0.15, 0.2) is 0 Å². The summed E-state index contributed by atoms with van der Waals surface area (Å²) >= 11 is 0. The molecule has 20 heavy (non-hydrogen) atoms. The molecule has 0 aliphatic heterocycles. The number of ether oxygens (including phenoxy) is 1. The molecule has 1 fully saturated rings. The van der Waals surface area contributed by atoms with Crippen LogP contribution in [0, 0.1) is 5.41 Å². The van der Waals surface area contributed by atoms with Crippen molar-refractivity contribution >= 4 is 5.97 Å². The minimum absolute atomic E-state index is 0.0881. The first kappa shape index (κ1) is 17.2. The monoisotopic (exact) mass is 282 g/mol. The Hall–Kier alpha value is -0.830. The molecule has 1 unspecified atom stereocenters. The fraction of sp³-hybridized carbons (Fsp3) is 0.824. The molecule has 1 atom stereocenters. The van der Waals surface area contributed by atoms with Gasteiger partial charge < -0.3 is 9.84 Å². The van der Waals surface area contributed by atoms with Crippen molar-refractivity contribution in [2.75, 3.05) is 6.61 Å². The molecule has 0 aromatic rings. The zero-order chi connectivity index (χ0) is 15.0. The third-order valence-corrected chi connectivity index (χ3v) is 3.90. The molecule has 3 heteroatoms. The molecule has 0 aromatic heterocycles. The van der Waals surface area contributed by atoms with Crippen LogP contribution in [0.25, 0.3) is 0 Å². The lowest BCUT2D eigenvalue weighted by atomic mass is 9.91. The number of aliphatic hydroxyl groups excluding tert-OH is 1. The molecule has 0 bridgehead atoms. The van der Waals surface area contributed by atoms with Gasteiger partial charge in [0.05, 0.1) is 12.7 Å². The van der Waals surface area contributed by atoms with Crippen LogP contribution in [0.3, 0.4) is 0 Å². The second kappa shape index (κ2) is 8.46. The number of esters is 1. The van der Waals surface area contributed by atoms with Gasteiger partial charge in [0.1, 0.15) is 0 Å². The number of hydrogen-bond acceptors (Lipinski definition) is 3. The number of aliphatic hydroxyl groups is 1. The van der Waals surface area contributed by atoms with Crippen molar-refractivity contribution < 1.29 is 14.6 Å². The van der Waals surface area contributed by atoms with E-state index in [9.17, 15) is 9.90 Å². The highest BCUT2D eigenvalue weighted by atomic mass is 16.5. The summed E-state index contributed by atoms with van der Waals surface area (Å²) in [7, 11) is 0. The molecule has 0 spiro atoms. The van der Waals surface area contributed by atoms with Gasteiger partial charge in [-0.15, -0.1) is 0 Å². The normalized spacial score (nSPS) is 23.2. The van der Waals surface area contributed by atoms with Crippen molar-refractivity contribution in [1.29, 1.82) is 0 Å². The average Bonchev–Trinajstić information content (AvgIpc) is 2.61. The number of hydrogen-bond donors (Lipinski definition) is 1. The smallest absolute Gasteiger partial charge is 0.330 e. The highest BCUT2D eigenvalue weighted by molar-refractivity contribution is 5.83. The second-order valence-electron chi connectivity index (χ2n) is 6.72. The number of rotatable bonds is 8. The van der Waals surface area contributed by atoms with E-state index < -0.39 is 6.10 Å². The van der Waals surface area contributed by atoms with Crippen molar-refractivity contribution in [1.82, 2.24) is 0 Å². The molecule has 116 valence electrons. The van der Waals surface area contributed by atoms with Crippen LogP contribution in [0.15, 0.2) is 11.6 Å². The maximum Gasteiger partial charge on any atom is 0.330 e. The van der Waals surface area contributed by atoms with E-state index in [1.165, 1.54) is 31.8 Å². The fourth-order valence-corrected chi connectivity index (χ4v) is 2.79. The average molecular weight is 282 g/mol. The lowest BCUT2D eigenvalue weighted by Crippen LogP contribution is -2.08. The van der Waals surface area contributed by atoms with Crippen molar-refractivity contribution in [3.8, 4) is 0 Å². The fourth-order valence-electron chi connectivity index (χ4n) is 2.79. The molecule has 0 amide bonds. The summed E-state index contributed by atoms with van der Waals surface area (Å²) in [5.74, 6) is -0.301. The summed E-state index contributed by atoms with van der Waals surface area (Å²) in [6.07, 6.45) is 9.62. The Morgan fingerprint density at radius 1 is 1.30 bits per heavy atom. The van der Waals surface area contributed by atoms with E-state index in [2.05, 4.69) is 20.8 Å². The minimum atomic E-state index is -0.480. The Kier molecular flexibility index (Phi) is 7.28. The van der Waals surface area contributed by atoms with Crippen molar-refractivity contribution in [3.05, 3.63) is 11.6 Å². The molecule has 1 rings (SSSR count). The van der Waals surface area contributed by atoms with Crippen molar-refractivity contribution in [3.63, 3.8) is 0 Å². The Labute approximate surface area is 123 Å². The van der Waals surface area contributed by atoms with Crippen LogP contribution >= 0.6 is 0 Å². The van der Waals surface area contributed by atoms with Gasteiger partial charge in [0.2, 0.25) is 0 Å². The van der Waals surface area contributed by atoms with Crippen LogP contribution in [0.4, 0.5) is 0 Å². The SMILES string of the molecule is CCCCCCCCOC(=O)/C=C1/CC(C)(C)CC1O. The van der Waals surface area contributed by atoms with Crippen LogP contribution in [-0.2, 0) is 9.53 Å². The highest BCUT2D eigenvalue weighted by Crippen LogP contribution is 2.40. The summed E-state index contributed by atoms with van der Waals surface area (Å²) in [6, 6.07) is 0. The topological polar surface area (TPSA) is 46.5 Å². The molecular weight excluding hydrogens is 252 g/mol. The minimum Gasteiger partial charge on any atom is -0.463 e. The maximum absolute atomic E-state index is 11.7. The van der Waals surface area contributed by atoms with Crippen molar-refractivity contribution in [2.24, 2.45) is 5.41 Å². The number of carbonyl (C=O) groups is 1. The quantitative estimate of drug-likeness (QED) is 0.416. The van der Waals surface area contributed by atoms with E-state index in [0.717, 1.165) is 31.3 Å². The van der Waals surface area contributed by atoms with E-state index >= 15 is 0 Å². The third kappa shape index (κ3) is 6.56. The molecule has 0 aromatic carbocycles. The van der Waals surface area contributed by atoms with Gasteiger partial charge >= 0.3 is 5.97 Å². The zero-order valence-electron chi connectivity index (χ0n) is 13.3. The van der Waals surface area contributed by atoms with Crippen molar-refractivity contribution in [2.45, 2.75) is 78.2 Å². The van der Waals surface area contributed by atoms with Gasteiger partial charge in [0.25, 0.3) is 0 Å². The molecule has 0 radical (unpaired) electrons. The van der Waals surface area contributed by atoms with Gasteiger partial charge in [-0.2, -0.15) is 0 Å². The van der Waals surface area contributed by atoms with Crippen LogP contribution in [0.2, 0.25) is 0 Å². The van der Waals surface area contributed by atoms with Crippen LogP contribution in [-0.4, -0.2) is 23.8 Å². The predicted molar refractivity (Wildman–Crippen MR) is 81.4 cm³/mol. The van der Waals surface area contributed by atoms with E-state index in [1.54, 1.807) is 0 Å². The largest absolute Gasteiger partial charge is 0.463 e. The standard InChI is InChI=1S/C17H30O3/c1-4-5-6-7-8-9-10-20-16(19)11-14-12-17(2,3)13-15(14)18/h11,15,18H,4-10,12-13H2,1-3H3/b14-11-. The third-order valence-electron chi connectivity index (χ3n) is 3.90. The molecule has 1 aliphatic rings. The first-order valence-electron chi connectivity index (χ1n) is 8.00. The molecule has 1 saturated carbocycles. The Morgan fingerprint density at radius 3 is 2.55 bits per heavy atom. The number of unbranched alkanes of at least 4 members (excludes halogenated alkanes) is 5. The molecule has 1 aliphatic carbocycles. The van der Waals surface area contributed by atoms with E-state index in [4.69, 9.17) is 4.74 Å². The molecule has 0 saturated heterocycles. The molecule has 1 N–H and O–H groups in total. The first-order valence-corrected chi connectivity index (χ1v) is 8.00. The Morgan fingerprint density at radius 2 is 1.95 bits per heavy atom. The van der Waals surface area contributed by atoms with E-state index in [0.29, 0.717) is 6.61 Å². The van der Waals surface area contributed by atoms with Gasteiger partial charge in [-0.25, -0.2) is 4.79 Å². The van der Waals surface area contributed by atoms with Gasteiger partial charge in [-0.05, 0) is 30.3 Å². The highest BCUT2D eigenvalue weighted by Gasteiger charge is 2.34. The van der Waals surface area contributed by atoms with E-state index in [1.807, 2.05) is 0 Å². The molecule has 0 heterocycles. The molecular formula is C17H30O3. The zero-order valence-corrected chi connectivity index (χ0v) is 13.3. The first-order chi connectivity index (χ1) is 9.44. The summed E-state index contributed by atoms with van der Waals surface area (Å²) in [6.45, 7) is 6.92. The summed E-state index contributed by atoms with van der Waals surface area (Å²) < 4.78 is 5.20. The Balaban J connectivity index is 2.17. The second-order valence-corrected chi connectivity index (χ2v) is 6.72. The lowest BCUT2D eigenvalue weighted by molar-refractivity contribution is -0.138. The predicted octanol–water partition coefficient (Wildman–Crippen LogP) is 4.00. The Bertz CT molecular complexity index is 331. The van der Waals surface area contributed by atoms with Gasteiger partial charge in [0, 0.05) is 6.08 Å².